The van der Waals surface area contributed by atoms with Crippen molar-refractivity contribution in [1.29, 1.82) is 5.26 Å². The van der Waals surface area contributed by atoms with Gasteiger partial charge in [0.1, 0.15) is 11.1 Å². The zero-order valence-electron chi connectivity index (χ0n) is 17.7. The molecule has 0 fully saturated rings. The Bertz CT molecular complexity index is 1120. The highest BCUT2D eigenvalue weighted by molar-refractivity contribution is 7.99. The van der Waals surface area contributed by atoms with Crippen LogP contribution in [-0.4, -0.2) is 31.8 Å². The molecule has 0 aliphatic heterocycles. The summed E-state index contributed by atoms with van der Waals surface area (Å²) in [5, 5.41) is 20.9. The number of fused-ring (bicyclic) bond motifs is 1. The number of thiophene rings is 1. The van der Waals surface area contributed by atoms with Gasteiger partial charge in [0.05, 0.1) is 11.3 Å². The third kappa shape index (κ3) is 4.81. The van der Waals surface area contributed by atoms with E-state index in [0.29, 0.717) is 27.5 Å². The average Bonchev–Trinajstić information content (AvgIpc) is 3.36. The van der Waals surface area contributed by atoms with Crippen molar-refractivity contribution in [3.05, 3.63) is 40.5 Å². The van der Waals surface area contributed by atoms with Gasteiger partial charge in [-0.25, -0.2) is 4.98 Å². The number of nitrogens with one attached hydrogen (secondary N) is 2. The highest BCUT2D eigenvalue weighted by atomic mass is 32.2. The summed E-state index contributed by atoms with van der Waals surface area (Å²) in [5.41, 5.74) is 2.87. The number of hydrogen-bond acceptors (Lipinski definition) is 7. The number of nitrogens with zero attached hydrogens (tertiary/aromatic N) is 4. The van der Waals surface area contributed by atoms with Gasteiger partial charge in [-0.15, -0.1) is 16.4 Å². The fourth-order valence-corrected chi connectivity index (χ4v) is 5.67. The first kappa shape index (κ1) is 21.5. The molecule has 4 rings (SSSR count). The Morgan fingerprint density at radius 3 is 2.87 bits per heavy atom. The van der Waals surface area contributed by atoms with E-state index in [4.69, 9.17) is 0 Å². The van der Waals surface area contributed by atoms with Crippen LogP contribution >= 0.6 is 23.1 Å². The number of hydrogen-bond donors (Lipinski definition) is 2. The molecule has 2 N–H and O–H groups in total. The molecule has 31 heavy (non-hydrogen) atoms. The number of H-pyrrole nitrogens is 1. The first-order valence-electron chi connectivity index (χ1n) is 10.1. The summed E-state index contributed by atoms with van der Waals surface area (Å²) in [4.78, 5) is 22.2. The minimum absolute atomic E-state index is 0.164. The quantitative estimate of drug-likeness (QED) is 0.544. The van der Waals surface area contributed by atoms with Crippen LogP contribution in [0, 0.1) is 22.7 Å². The normalized spacial score (nSPS) is 15.9. The van der Waals surface area contributed by atoms with Crippen molar-refractivity contribution in [1.82, 2.24) is 20.2 Å². The number of amides is 1. The first-order valence-corrected chi connectivity index (χ1v) is 12.0. The van der Waals surface area contributed by atoms with E-state index in [1.165, 1.54) is 16.6 Å². The van der Waals surface area contributed by atoms with Gasteiger partial charge in [0.15, 0.2) is 5.82 Å². The number of thioether (sulfide) groups is 1. The summed E-state index contributed by atoms with van der Waals surface area (Å²) >= 11 is 2.81. The molecule has 3 aromatic rings. The molecule has 1 aliphatic carbocycles. The number of aromatic amines is 1. The van der Waals surface area contributed by atoms with Crippen LogP contribution < -0.4 is 5.32 Å². The van der Waals surface area contributed by atoms with Crippen molar-refractivity contribution >= 4 is 34.0 Å². The number of pyridine rings is 1. The van der Waals surface area contributed by atoms with Crippen LogP contribution in [0.4, 0.5) is 5.00 Å². The van der Waals surface area contributed by atoms with Gasteiger partial charge in [-0.2, -0.15) is 5.26 Å². The van der Waals surface area contributed by atoms with Crippen molar-refractivity contribution in [2.45, 2.75) is 45.2 Å². The SMILES string of the molecule is CC(C)(C)[C@H]1CCc2c(sc(NC(=O)CSc3n[nH]c(-c4ccncc4)n3)c2C#N)C1. The lowest BCUT2D eigenvalue weighted by Gasteiger charge is -2.33. The van der Waals surface area contributed by atoms with Gasteiger partial charge < -0.3 is 5.32 Å². The predicted octanol–water partition coefficient (Wildman–Crippen LogP) is 4.68. The van der Waals surface area contributed by atoms with E-state index in [2.05, 4.69) is 52.3 Å². The third-order valence-electron chi connectivity index (χ3n) is 5.61. The Labute approximate surface area is 189 Å². The van der Waals surface area contributed by atoms with Crippen LogP contribution in [0.2, 0.25) is 0 Å². The second-order valence-corrected chi connectivity index (χ2v) is 10.7. The van der Waals surface area contributed by atoms with E-state index in [9.17, 15) is 10.1 Å². The van der Waals surface area contributed by atoms with Crippen molar-refractivity contribution < 1.29 is 4.79 Å². The topological polar surface area (TPSA) is 107 Å². The molecule has 3 aromatic heterocycles. The fourth-order valence-electron chi connectivity index (χ4n) is 3.77. The molecule has 9 heteroatoms. The molecule has 0 aromatic carbocycles. The third-order valence-corrected chi connectivity index (χ3v) is 7.62. The largest absolute Gasteiger partial charge is 0.316 e. The van der Waals surface area contributed by atoms with Gasteiger partial charge >= 0.3 is 0 Å². The average molecular weight is 453 g/mol. The second-order valence-electron chi connectivity index (χ2n) is 8.66. The predicted molar refractivity (Wildman–Crippen MR) is 123 cm³/mol. The molecular formula is C22H24N6OS2. The van der Waals surface area contributed by atoms with E-state index in [1.54, 1.807) is 23.7 Å². The van der Waals surface area contributed by atoms with Crippen molar-refractivity contribution in [2.24, 2.45) is 11.3 Å². The summed E-state index contributed by atoms with van der Waals surface area (Å²) < 4.78 is 0. The standard InChI is InChI=1S/C22H24N6OS2/c1-22(2,3)14-4-5-15-16(11-23)20(31-17(15)10-14)25-18(29)12-30-21-26-19(27-28-21)13-6-8-24-9-7-13/h6-9,14H,4-5,10,12H2,1-3H3,(H,25,29)(H,26,27,28)/t14-/m0/s1. The zero-order valence-corrected chi connectivity index (χ0v) is 19.4. The van der Waals surface area contributed by atoms with E-state index < -0.39 is 0 Å². The summed E-state index contributed by atoms with van der Waals surface area (Å²) in [6.45, 7) is 6.81. The van der Waals surface area contributed by atoms with Crippen LogP contribution in [-0.2, 0) is 17.6 Å². The van der Waals surface area contributed by atoms with Crippen molar-refractivity contribution in [3.63, 3.8) is 0 Å². The Morgan fingerprint density at radius 1 is 1.39 bits per heavy atom. The van der Waals surface area contributed by atoms with Crippen LogP contribution in [0.5, 0.6) is 0 Å². The lowest BCUT2D eigenvalue weighted by atomic mass is 9.72. The van der Waals surface area contributed by atoms with Crippen molar-refractivity contribution in [2.75, 3.05) is 11.1 Å². The van der Waals surface area contributed by atoms with Crippen LogP contribution in [0.25, 0.3) is 11.4 Å². The summed E-state index contributed by atoms with van der Waals surface area (Å²) in [7, 11) is 0. The van der Waals surface area contributed by atoms with Gasteiger partial charge in [-0.1, -0.05) is 32.5 Å². The molecular weight excluding hydrogens is 428 g/mol. The highest BCUT2D eigenvalue weighted by Crippen LogP contribution is 2.44. The second kappa shape index (κ2) is 8.81. The molecule has 0 radical (unpaired) electrons. The fraction of sp³-hybridized carbons (Fsp3) is 0.409. The molecule has 1 aliphatic rings. The number of anilines is 1. The van der Waals surface area contributed by atoms with E-state index in [0.717, 1.165) is 30.4 Å². The Hall–Kier alpha value is -2.70. The summed E-state index contributed by atoms with van der Waals surface area (Å²) in [6.07, 6.45) is 6.33. The highest BCUT2D eigenvalue weighted by Gasteiger charge is 2.32. The zero-order chi connectivity index (χ0) is 22.0. The van der Waals surface area contributed by atoms with Crippen LogP contribution in [0.15, 0.2) is 29.7 Å². The molecule has 1 atom stereocenters. The maximum atomic E-state index is 12.6. The van der Waals surface area contributed by atoms with Gasteiger partial charge in [-0.3, -0.25) is 14.9 Å². The Kier molecular flexibility index (Phi) is 6.12. The molecule has 3 heterocycles. The summed E-state index contributed by atoms with van der Waals surface area (Å²) in [6, 6.07) is 5.99. The van der Waals surface area contributed by atoms with Crippen LogP contribution in [0.3, 0.4) is 0 Å². The Morgan fingerprint density at radius 2 is 2.16 bits per heavy atom. The summed E-state index contributed by atoms with van der Waals surface area (Å²) in [5.74, 6) is 1.23. The molecule has 0 saturated carbocycles. The minimum atomic E-state index is -0.164. The minimum Gasteiger partial charge on any atom is -0.316 e. The molecule has 0 saturated heterocycles. The van der Waals surface area contributed by atoms with E-state index >= 15 is 0 Å². The Balaban J connectivity index is 1.40. The monoisotopic (exact) mass is 452 g/mol. The molecule has 0 unspecified atom stereocenters. The first-order chi connectivity index (χ1) is 14.8. The maximum absolute atomic E-state index is 12.6. The number of carbonyl (C=O) groups is 1. The molecule has 1 amide bonds. The maximum Gasteiger partial charge on any atom is 0.235 e. The van der Waals surface area contributed by atoms with Crippen molar-refractivity contribution in [3.8, 4) is 17.5 Å². The van der Waals surface area contributed by atoms with E-state index in [1.807, 2.05) is 12.1 Å². The number of nitriles is 1. The molecule has 7 nitrogen and oxygen atoms in total. The van der Waals surface area contributed by atoms with Gasteiger partial charge in [0.2, 0.25) is 11.1 Å². The van der Waals surface area contributed by atoms with Crippen LogP contribution in [0.1, 0.15) is 43.2 Å². The molecule has 160 valence electrons. The van der Waals surface area contributed by atoms with Gasteiger partial charge in [-0.05, 0) is 48.3 Å². The lowest BCUT2D eigenvalue weighted by molar-refractivity contribution is -0.113. The number of carbonyl (C=O) groups excluding carboxylic acids is 1. The molecule has 0 bridgehead atoms. The van der Waals surface area contributed by atoms with Gasteiger partial charge in [0, 0.05) is 22.8 Å². The van der Waals surface area contributed by atoms with Gasteiger partial charge in [0.25, 0.3) is 0 Å². The van der Waals surface area contributed by atoms with E-state index in [-0.39, 0.29) is 17.1 Å². The number of rotatable bonds is 5. The number of aromatic nitrogens is 4. The molecule has 0 spiro atoms. The lowest BCUT2D eigenvalue weighted by Crippen LogP contribution is -2.26. The smallest absolute Gasteiger partial charge is 0.235 e.